The summed E-state index contributed by atoms with van der Waals surface area (Å²) >= 11 is 0.258. The fourth-order valence-corrected chi connectivity index (χ4v) is 2.76. The van der Waals surface area contributed by atoms with Crippen molar-refractivity contribution in [2.45, 2.75) is 10.7 Å². The molecule has 0 saturated heterocycles. The molecule has 0 unspecified atom stereocenters. The van der Waals surface area contributed by atoms with Gasteiger partial charge >= 0.3 is 5.97 Å². The van der Waals surface area contributed by atoms with Crippen LogP contribution in [0.25, 0.3) is 0 Å². The second kappa shape index (κ2) is 10.9. The smallest absolute Gasteiger partial charge is 0.325 e. The largest absolute Gasteiger partial charge is 0.454 e. The molecule has 0 atom stereocenters. The quantitative estimate of drug-likeness (QED) is 0.266. The zero-order valence-electron chi connectivity index (χ0n) is 15.2. The number of hydrogen-bond donors (Lipinski definition) is 2. The number of anilines is 1. The maximum Gasteiger partial charge on any atom is 0.325 e. The van der Waals surface area contributed by atoms with Crippen LogP contribution < -0.4 is 10.6 Å². The molecule has 12 heteroatoms. The molecule has 158 valence electrons. The Morgan fingerprint density at radius 3 is 2.57 bits per heavy atom. The second-order valence-electron chi connectivity index (χ2n) is 5.57. The van der Waals surface area contributed by atoms with Crippen LogP contribution in [0.5, 0.6) is 0 Å². The van der Waals surface area contributed by atoms with Crippen molar-refractivity contribution in [3.05, 3.63) is 64.2 Å². The topological polar surface area (TPSA) is 128 Å². The van der Waals surface area contributed by atoms with Gasteiger partial charge in [-0.3, -0.25) is 24.5 Å². The number of halogens is 2. The third-order valence-electron chi connectivity index (χ3n) is 3.45. The first-order chi connectivity index (χ1) is 14.3. The first-order valence-corrected chi connectivity index (χ1v) is 9.16. The van der Waals surface area contributed by atoms with E-state index in [9.17, 15) is 33.3 Å². The average molecular weight is 439 g/mol. The molecule has 0 aliphatic carbocycles. The molecule has 2 aromatic carbocycles. The summed E-state index contributed by atoms with van der Waals surface area (Å²) < 4.78 is 29.8. The normalized spacial score (nSPS) is 10.4. The highest BCUT2D eigenvalue weighted by molar-refractivity contribution is 7.99. The molecule has 0 spiro atoms. The summed E-state index contributed by atoms with van der Waals surface area (Å²) in [6.07, 6.45) is 0. The lowest BCUT2D eigenvalue weighted by Gasteiger charge is -2.11. The molecule has 0 radical (unpaired) electrons. The van der Waals surface area contributed by atoms with E-state index in [-0.39, 0.29) is 33.6 Å². The van der Waals surface area contributed by atoms with Gasteiger partial charge in [-0.2, -0.15) is 8.78 Å². The lowest BCUT2D eigenvalue weighted by molar-refractivity contribution is -0.384. The van der Waals surface area contributed by atoms with Crippen LogP contribution >= 0.6 is 11.8 Å². The van der Waals surface area contributed by atoms with Gasteiger partial charge in [-0.05, 0) is 18.2 Å². The van der Waals surface area contributed by atoms with Crippen molar-refractivity contribution in [3.8, 4) is 0 Å². The predicted molar refractivity (Wildman–Crippen MR) is 103 cm³/mol. The summed E-state index contributed by atoms with van der Waals surface area (Å²) in [6, 6.07) is 10.8. The molecule has 0 saturated carbocycles. The van der Waals surface area contributed by atoms with Gasteiger partial charge in [-0.25, -0.2) is 0 Å². The van der Waals surface area contributed by atoms with Gasteiger partial charge in [0.15, 0.2) is 6.61 Å². The SMILES string of the molecule is O=C(COC(=O)CNC(=O)c1cccc([N+](=O)[O-])c1)Nc1ccccc1SC(F)F. The zero-order chi connectivity index (χ0) is 22.1. The van der Waals surface area contributed by atoms with Crippen molar-refractivity contribution in [1.82, 2.24) is 5.32 Å². The Morgan fingerprint density at radius 1 is 1.13 bits per heavy atom. The van der Waals surface area contributed by atoms with Gasteiger partial charge in [0.25, 0.3) is 23.3 Å². The number of nitrogens with one attached hydrogen (secondary N) is 2. The van der Waals surface area contributed by atoms with Crippen LogP contribution in [0, 0.1) is 10.1 Å². The van der Waals surface area contributed by atoms with Crippen LogP contribution in [-0.4, -0.2) is 41.6 Å². The molecule has 0 bridgehead atoms. The van der Waals surface area contributed by atoms with Crippen molar-refractivity contribution >= 4 is 40.9 Å². The monoisotopic (exact) mass is 439 g/mol. The minimum absolute atomic E-state index is 0.0251. The van der Waals surface area contributed by atoms with E-state index in [4.69, 9.17) is 4.74 Å². The van der Waals surface area contributed by atoms with Crippen LogP contribution in [0.15, 0.2) is 53.4 Å². The number of ether oxygens (including phenoxy) is 1. The molecule has 0 heterocycles. The minimum atomic E-state index is -2.67. The molecule has 2 amide bonds. The van der Waals surface area contributed by atoms with Gasteiger partial charge < -0.3 is 15.4 Å². The van der Waals surface area contributed by atoms with Crippen molar-refractivity contribution in [1.29, 1.82) is 0 Å². The van der Waals surface area contributed by atoms with Gasteiger partial charge in [-0.15, -0.1) is 0 Å². The minimum Gasteiger partial charge on any atom is -0.454 e. The Hall–Kier alpha value is -3.54. The summed E-state index contributed by atoms with van der Waals surface area (Å²) in [5.74, 6) is -5.09. The Kier molecular flexibility index (Phi) is 8.23. The number of rotatable bonds is 9. The first kappa shape index (κ1) is 22.7. The van der Waals surface area contributed by atoms with E-state index in [1.165, 1.54) is 36.4 Å². The number of thioether (sulfide) groups is 1. The van der Waals surface area contributed by atoms with E-state index in [2.05, 4.69) is 10.6 Å². The Balaban J connectivity index is 1.81. The summed E-state index contributed by atoms with van der Waals surface area (Å²) in [5.41, 5.74) is -0.169. The van der Waals surface area contributed by atoms with Crippen LogP contribution in [0.1, 0.15) is 10.4 Å². The highest BCUT2D eigenvalue weighted by Gasteiger charge is 2.15. The highest BCUT2D eigenvalue weighted by atomic mass is 32.2. The zero-order valence-corrected chi connectivity index (χ0v) is 16.0. The molecule has 0 aliphatic rings. The summed E-state index contributed by atoms with van der Waals surface area (Å²) in [7, 11) is 0. The lowest BCUT2D eigenvalue weighted by atomic mass is 10.2. The second-order valence-corrected chi connectivity index (χ2v) is 6.61. The van der Waals surface area contributed by atoms with E-state index in [0.717, 1.165) is 6.07 Å². The number of para-hydroxylation sites is 1. The van der Waals surface area contributed by atoms with Crippen LogP contribution in [-0.2, 0) is 14.3 Å². The predicted octanol–water partition coefficient (Wildman–Crippen LogP) is 2.82. The highest BCUT2D eigenvalue weighted by Crippen LogP contribution is 2.31. The molecule has 0 aromatic heterocycles. The van der Waals surface area contributed by atoms with Crippen LogP contribution in [0.2, 0.25) is 0 Å². The molecular formula is C18H15F2N3O6S. The Morgan fingerprint density at radius 2 is 1.87 bits per heavy atom. The molecular weight excluding hydrogens is 424 g/mol. The molecule has 9 nitrogen and oxygen atoms in total. The van der Waals surface area contributed by atoms with E-state index < -0.39 is 41.6 Å². The number of esters is 1. The lowest BCUT2D eigenvalue weighted by Crippen LogP contribution is -2.32. The number of nitro groups is 1. The maximum atomic E-state index is 12.5. The molecule has 2 aromatic rings. The van der Waals surface area contributed by atoms with Gasteiger partial charge in [0.05, 0.1) is 10.6 Å². The van der Waals surface area contributed by atoms with Gasteiger partial charge in [0.2, 0.25) is 0 Å². The van der Waals surface area contributed by atoms with Crippen molar-refractivity contribution in [2.75, 3.05) is 18.5 Å². The van der Waals surface area contributed by atoms with Gasteiger partial charge in [-0.1, -0.05) is 30.0 Å². The number of carbonyl (C=O) groups excluding carboxylic acids is 3. The number of non-ortho nitro benzene ring substituents is 1. The summed E-state index contributed by atoms with van der Waals surface area (Å²) in [6.45, 7) is -1.27. The number of nitro benzene ring substituents is 1. The van der Waals surface area contributed by atoms with Crippen molar-refractivity contribution < 1.29 is 32.8 Å². The number of nitrogens with zero attached hydrogens (tertiary/aromatic N) is 1. The third kappa shape index (κ3) is 7.13. The number of alkyl halides is 2. The van der Waals surface area contributed by atoms with E-state index in [1.54, 1.807) is 6.07 Å². The summed E-state index contributed by atoms with van der Waals surface area (Å²) in [5, 5.41) is 15.3. The van der Waals surface area contributed by atoms with Crippen molar-refractivity contribution in [2.24, 2.45) is 0 Å². The number of benzene rings is 2. The van der Waals surface area contributed by atoms with Crippen LogP contribution in [0.3, 0.4) is 0 Å². The maximum absolute atomic E-state index is 12.5. The molecule has 2 rings (SSSR count). The fourth-order valence-electron chi connectivity index (χ4n) is 2.17. The Labute approximate surface area is 172 Å². The molecule has 0 fully saturated rings. The number of hydrogen-bond acceptors (Lipinski definition) is 7. The summed E-state index contributed by atoms with van der Waals surface area (Å²) in [4.78, 5) is 45.7. The van der Waals surface area contributed by atoms with Gasteiger partial charge in [0, 0.05) is 22.6 Å². The number of carbonyl (C=O) groups is 3. The van der Waals surface area contributed by atoms with Crippen LogP contribution in [0.4, 0.5) is 20.2 Å². The van der Waals surface area contributed by atoms with E-state index >= 15 is 0 Å². The number of amides is 2. The third-order valence-corrected chi connectivity index (χ3v) is 4.24. The van der Waals surface area contributed by atoms with E-state index in [0.29, 0.717) is 0 Å². The van der Waals surface area contributed by atoms with E-state index in [1.807, 2.05) is 0 Å². The molecule has 0 aliphatic heterocycles. The molecule has 2 N–H and O–H groups in total. The van der Waals surface area contributed by atoms with Crippen molar-refractivity contribution in [3.63, 3.8) is 0 Å². The van der Waals surface area contributed by atoms with Gasteiger partial charge in [0.1, 0.15) is 6.54 Å². The fraction of sp³-hybridized carbons (Fsp3) is 0.167. The first-order valence-electron chi connectivity index (χ1n) is 8.28. The standard InChI is InChI=1S/C18H15F2N3O6S/c19-18(20)30-14-7-2-1-6-13(14)22-15(24)10-29-16(25)9-21-17(26)11-4-3-5-12(8-11)23(27)28/h1-8,18H,9-10H2,(H,21,26)(H,22,24). The Bertz CT molecular complexity index is 957. The average Bonchev–Trinajstić information content (AvgIpc) is 2.71. The molecule has 30 heavy (non-hydrogen) atoms.